The monoisotopic (exact) mass is 308 g/mol. The van der Waals surface area contributed by atoms with Crippen LogP contribution in [0.5, 0.6) is 0 Å². The molecule has 1 aliphatic rings. The fourth-order valence-corrected chi connectivity index (χ4v) is 3.05. The molecule has 0 bridgehead atoms. The van der Waals surface area contributed by atoms with Gasteiger partial charge in [-0.05, 0) is 44.2 Å². The molecule has 3 N–H and O–H groups in total. The standard InChI is InChI=1S/C16H28N4O2/c1-15(2,11-13(18)21)6-4-5-14(22)20(3)16(12-17)7-9-19-10-8-16/h19H,4-11H2,1-3H3,(H2,18,21). The number of nitriles is 1. The molecule has 0 aromatic rings. The van der Waals surface area contributed by atoms with Crippen LogP contribution >= 0.6 is 0 Å². The molecule has 0 aliphatic carbocycles. The van der Waals surface area contributed by atoms with Crippen LogP contribution in [0.15, 0.2) is 0 Å². The van der Waals surface area contributed by atoms with Crippen LogP contribution < -0.4 is 11.1 Å². The molecular formula is C16H28N4O2. The fourth-order valence-electron chi connectivity index (χ4n) is 3.05. The van der Waals surface area contributed by atoms with E-state index >= 15 is 0 Å². The third kappa shape index (κ3) is 4.99. The summed E-state index contributed by atoms with van der Waals surface area (Å²) >= 11 is 0. The molecule has 0 atom stereocenters. The molecule has 0 saturated carbocycles. The van der Waals surface area contributed by atoms with Gasteiger partial charge in [0.25, 0.3) is 0 Å². The zero-order valence-corrected chi connectivity index (χ0v) is 13.9. The van der Waals surface area contributed by atoms with Gasteiger partial charge in [-0.1, -0.05) is 13.8 Å². The second-order valence-electron chi connectivity index (χ2n) is 7.01. The number of nitrogens with one attached hydrogen (secondary N) is 1. The number of carbonyl (C=O) groups excluding carboxylic acids is 2. The number of rotatable bonds is 7. The van der Waals surface area contributed by atoms with E-state index in [0.717, 1.165) is 19.5 Å². The Balaban J connectivity index is 2.51. The van der Waals surface area contributed by atoms with Crippen LogP contribution in [0.2, 0.25) is 0 Å². The van der Waals surface area contributed by atoms with E-state index in [4.69, 9.17) is 5.73 Å². The SMILES string of the molecule is CN(C(=O)CCCC(C)(C)CC(N)=O)C1(C#N)CCNCC1. The van der Waals surface area contributed by atoms with Crippen molar-refractivity contribution in [2.24, 2.45) is 11.1 Å². The summed E-state index contributed by atoms with van der Waals surface area (Å²) in [5, 5.41) is 12.7. The molecule has 0 aromatic heterocycles. The number of nitrogens with zero attached hydrogens (tertiary/aromatic N) is 2. The first kappa shape index (κ1) is 18.4. The van der Waals surface area contributed by atoms with Gasteiger partial charge in [-0.2, -0.15) is 5.26 Å². The first-order valence-electron chi connectivity index (χ1n) is 7.89. The van der Waals surface area contributed by atoms with Crippen molar-refractivity contribution in [3.63, 3.8) is 0 Å². The zero-order chi connectivity index (χ0) is 16.8. The van der Waals surface area contributed by atoms with Crippen LogP contribution in [-0.2, 0) is 9.59 Å². The topological polar surface area (TPSA) is 99.2 Å². The van der Waals surface area contributed by atoms with Gasteiger partial charge in [-0.3, -0.25) is 9.59 Å². The fraction of sp³-hybridized carbons (Fsp3) is 0.812. The Labute approximate surface area is 133 Å². The molecule has 1 rings (SSSR count). The van der Waals surface area contributed by atoms with Gasteiger partial charge in [-0.15, -0.1) is 0 Å². The van der Waals surface area contributed by atoms with Gasteiger partial charge in [0.1, 0.15) is 5.54 Å². The second kappa shape index (κ2) is 7.59. The number of piperidine rings is 1. The Kier molecular flexibility index (Phi) is 6.36. The summed E-state index contributed by atoms with van der Waals surface area (Å²) in [4.78, 5) is 25.0. The highest BCUT2D eigenvalue weighted by atomic mass is 16.2. The van der Waals surface area contributed by atoms with E-state index in [0.29, 0.717) is 32.1 Å². The molecule has 6 heteroatoms. The smallest absolute Gasteiger partial charge is 0.223 e. The Bertz CT molecular complexity index is 448. The molecule has 124 valence electrons. The average molecular weight is 308 g/mol. The van der Waals surface area contributed by atoms with E-state index in [9.17, 15) is 14.9 Å². The number of carbonyl (C=O) groups is 2. The second-order valence-corrected chi connectivity index (χ2v) is 7.01. The molecule has 1 heterocycles. The molecule has 1 aliphatic heterocycles. The predicted molar refractivity (Wildman–Crippen MR) is 84.7 cm³/mol. The Morgan fingerprint density at radius 3 is 2.45 bits per heavy atom. The maximum absolute atomic E-state index is 12.4. The summed E-state index contributed by atoms with van der Waals surface area (Å²) in [5.41, 5.74) is 4.37. The summed E-state index contributed by atoms with van der Waals surface area (Å²) in [7, 11) is 1.73. The lowest BCUT2D eigenvalue weighted by Crippen LogP contribution is -2.54. The number of primary amides is 1. The van der Waals surface area contributed by atoms with Crippen molar-refractivity contribution >= 4 is 11.8 Å². The largest absolute Gasteiger partial charge is 0.370 e. The molecule has 0 spiro atoms. The number of amides is 2. The minimum Gasteiger partial charge on any atom is -0.370 e. The van der Waals surface area contributed by atoms with Gasteiger partial charge in [-0.25, -0.2) is 0 Å². The van der Waals surface area contributed by atoms with Crippen molar-refractivity contribution in [2.75, 3.05) is 20.1 Å². The minimum absolute atomic E-state index is 0.00155. The number of nitrogens with two attached hydrogens (primary N) is 1. The van der Waals surface area contributed by atoms with Gasteiger partial charge in [0.2, 0.25) is 11.8 Å². The van der Waals surface area contributed by atoms with Crippen molar-refractivity contribution < 1.29 is 9.59 Å². The van der Waals surface area contributed by atoms with Gasteiger partial charge >= 0.3 is 0 Å². The van der Waals surface area contributed by atoms with Crippen LogP contribution in [0.25, 0.3) is 0 Å². The number of hydrogen-bond donors (Lipinski definition) is 2. The van der Waals surface area contributed by atoms with Crippen LogP contribution in [0.3, 0.4) is 0 Å². The summed E-state index contributed by atoms with van der Waals surface area (Å²) < 4.78 is 0. The summed E-state index contributed by atoms with van der Waals surface area (Å²) in [6, 6.07) is 2.33. The maximum Gasteiger partial charge on any atom is 0.223 e. The van der Waals surface area contributed by atoms with E-state index in [1.165, 1.54) is 0 Å². The first-order valence-corrected chi connectivity index (χ1v) is 7.89. The van der Waals surface area contributed by atoms with Crippen molar-refractivity contribution in [1.82, 2.24) is 10.2 Å². The first-order chi connectivity index (χ1) is 10.2. The van der Waals surface area contributed by atoms with Gasteiger partial charge in [0, 0.05) is 19.9 Å². The summed E-state index contributed by atoms with van der Waals surface area (Å²) in [6.45, 7) is 5.48. The lowest BCUT2D eigenvalue weighted by atomic mass is 9.83. The van der Waals surface area contributed by atoms with Gasteiger partial charge in [0.05, 0.1) is 6.07 Å². The van der Waals surface area contributed by atoms with Crippen molar-refractivity contribution in [2.45, 2.75) is 57.9 Å². The van der Waals surface area contributed by atoms with Crippen molar-refractivity contribution in [3.8, 4) is 6.07 Å². The molecule has 22 heavy (non-hydrogen) atoms. The third-order valence-corrected chi connectivity index (χ3v) is 4.55. The van der Waals surface area contributed by atoms with Crippen molar-refractivity contribution in [1.29, 1.82) is 5.26 Å². The lowest BCUT2D eigenvalue weighted by molar-refractivity contribution is -0.134. The van der Waals surface area contributed by atoms with Crippen LogP contribution in [0.4, 0.5) is 0 Å². The summed E-state index contributed by atoms with van der Waals surface area (Å²) in [5.74, 6) is -0.315. The molecular weight excluding hydrogens is 280 g/mol. The quantitative estimate of drug-likeness (QED) is 0.737. The number of hydrogen-bond acceptors (Lipinski definition) is 4. The zero-order valence-electron chi connectivity index (χ0n) is 13.9. The Hall–Kier alpha value is -1.61. The van der Waals surface area contributed by atoms with E-state index < -0.39 is 5.54 Å². The minimum atomic E-state index is -0.676. The molecule has 1 saturated heterocycles. The van der Waals surface area contributed by atoms with Crippen LogP contribution in [-0.4, -0.2) is 42.4 Å². The molecule has 0 radical (unpaired) electrons. The molecule has 2 amide bonds. The van der Waals surface area contributed by atoms with Crippen molar-refractivity contribution in [3.05, 3.63) is 0 Å². The molecule has 0 unspecified atom stereocenters. The molecule has 1 fully saturated rings. The van der Waals surface area contributed by atoms with E-state index in [-0.39, 0.29) is 17.2 Å². The normalized spacial score (nSPS) is 17.5. The van der Waals surface area contributed by atoms with Crippen LogP contribution in [0.1, 0.15) is 52.4 Å². The highest BCUT2D eigenvalue weighted by Crippen LogP contribution is 2.29. The predicted octanol–water partition coefficient (Wildman–Crippen LogP) is 1.16. The highest BCUT2D eigenvalue weighted by Gasteiger charge is 2.38. The van der Waals surface area contributed by atoms with Gasteiger partial charge < -0.3 is 16.0 Å². The van der Waals surface area contributed by atoms with E-state index in [1.54, 1.807) is 11.9 Å². The average Bonchev–Trinajstić information content (AvgIpc) is 2.45. The molecule has 6 nitrogen and oxygen atoms in total. The van der Waals surface area contributed by atoms with E-state index in [2.05, 4.69) is 11.4 Å². The maximum atomic E-state index is 12.4. The Morgan fingerprint density at radius 2 is 1.95 bits per heavy atom. The lowest BCUT2D eigenvalue weighted by Gasteiger charge is -2.39. The van der Waals surface area contributed by atoms with Crippen LogP contribution in [0, 0.1) is 16.7 Å². The highest BCUT2D eigenvalue weighted by molar-refractivity contribution is 5.77. The third-order valence-electron chi connectivity index (χ3n) is 4.55. The van der Waals surface area contributed by atoms with Gasteiger partial charge in [0.15, 0.2) is 0 Å². The molecule has 0 aromatic carbocycles. The Morgan fingerprint density at radius 1 is 1.36 bits per heavy atom. The summed E-state index contributed by atoms with van der Waals surface area (Å²) in [6.07, 6.45) is 3.51. The van der Waals surface area contributed by atoms with E-state index in [1.807, 2.05) is 13.8 Å².